The number of aliphatic hydroxyl groups is 1. The smallest absolute Gasteiger partial charge is 0.419 e. The fourth-order valence-corrected chi connectivity index (χ4v) is 1.33. The summed E-state index contributed by atoms with van der Waals surface area (Å²) < 4.78 is 37.0. The fourth-order valence-electron chi connectivity index (χ4n) is 1.33. The topological polar surface area (TPSA) is 63.4 Å². The molecule has 0 saturated heterocycles. The molecule has 0 heterocycles. The second-order valence-corrected chi connectivity index (χ2v) is 3.29. The molecule has 84 valence electrons. The predicted octanol–water partition coefficient (Wildman–Crippen LogP) is 2.56. The van der Waals surface area contributed by atoms with Crippen molar-refractivity contribution >= 4 is 0 Å². The molecule has 0 spiro atoms. The van der Waals surface area contributed by atoms with Crippen molar-refractivity contribution in [3.63, 3.8) is 0 Å². The van der Waals surface area contributed by atoms with Gasteiger partial charge in [-0.05, 0) is 0 Å². The van der Waals surface area contributed by atoms with Crippen molar-refractivity contribution < 1.29 is 23.2 Å². The van der Waals surface area contributed by atoms with Crippen molar-refractivity contribution in [3.8, 4) is 0 Å². The van der Waals surface area contributed by atoms with Crippen LogP contribution in [0, 0.1) is 16.0 Å². The zero-order valence-corrected chi connectivity index (χ0v) is 7.71. The molecule has 0 amide bonds. The molecule has 0 aromatic rings. The van der Waals surface area contributed by atoms with Crippen LogP contribution in [-0.4, -0.2) is 16.2 Å². The average Bonchev–Trinajstić information content (AvgIpc) is 2.06. The van der Waals surface area contributed by atoms with Crippen molar-refractivity contribution in [2.24, 2.45) is 5.92 Å². The lowest BCUT2D eigenvalue weighted by Crippen LogP contribution is -2.21. The van der Waals surface area contributed by atoms with E-state index in [-0.39, 0.29) is 6.42 Å². The summed E-state index contributed by atoms with van der Waals surface area (Å²) in [6.45, 7) is 1.30. The summed E-state index contributed by atoms with van der Waals surface area (Å²) in [6, 6.07) is 0. The Morgan fingerprint density at radius 3 is 2.53 bits per heavy atom. The molecule has 0 bridgehead atoms. The highest BCUT2D eigenvalue weighted by molar-refractivity contribution is 5.33. The van der Waals surface area contributed by atoms with Crippen LogP contribution in [0.25, 0.3) is 0 Å². The van der Waals surface area contributed by atoms with Crippen LogP contribution in [0.2, 0.25) is 0 Å². The lowest BCUT2D eigenvalue weighted by Gasteiger charge is -2.19. The molecule has 0 aromatic carbocycles. The molecular formula is C8H8F3NO3. The number of nitrogens with zero attached hydrogens (tertiary/aromatic N) is 1. The maximum absolute atomic E-state index is 12.3. The molecule has 1 unspecified atom stereocenters. The summed E-state index contributed by atoms with van der Waals surface area (Å²) in [4.78, 5) is 9.48. The molecular weight excluding hydrogens is 215 g/mol. The molecule has 1 aliphatic carbocycles. The quantitative estimate of drug-likeness (QED) is 0.548. The van der Waals surface area contributed by atoms with Crippen LogP contribution in [0.5, 0.6) is 0 Å². The van der Waals surface area contributed by atoms with Gasteiger partial charge in [0.1, 0.15) is 5.76 Å². The Morgan fingerprint density at radius 1 is 1.60 bits per heavy atom. The van der Waals surface area contributed by atoms with E-state index in [2.05, 4.69) is 0 Å². The van der Waals surface area contributed by atoms with Crippen molar-refractivity contribution in [2.75, 3.05) is 0 Å². The standard InChI is InChI=1S/C8H8F3NO3/c1-4-2-5(12(14)15)3-6(7(4)13)8(9,10)11/h3-4,13H,2H2,1H3. The highest BCUT2D eigenvalue weighted by Gasteiger charge is 2.41. The van der Waals surface area contributed by atoms with Crippen molar-refractivity contribution in [1.29, 1.82) is 0 Å². The summed E-state index contributed by atoms with van der Waals surface area (Å²) in [5.74, 6) is -1.72. The number of rotatable bonds is 1. The van der Waals surface area contributed by atoms with Gasteiger partial charge < -0.3 is 5.11 Å². The molecule has 1 rings (SSSR count). The first-order valence-electron chi connectivity index (χ1n) is 4.08. The first kappa shape index (κ1) is 11.5. The van der Waals surface area contributed by atoms with E-state index in [1.165, 1.54) is 6.92 Å². The van der Waals surface area contributed by atoms with Gasteiger partial charge in [0.15, 0.2) is 0 Å². The van der Waals surface area contributed by atoms with Crippen LogP contribution in [0.3, 0.4) is 0 Å². The van der Waals surface area contributed by atoms with Crippen LogP contribution in [0.4, 0.5) is 13.2 Å². The van der Waals surface area contributed by atoms with Crippen molar-refractivity contribution in [2.45, 2.75) is 19.5 Å². The van der Waals surface area contributed by atoms with E-state index in [1.807, 2.05) is 0 Å². The summed E-state index contributed by atoms with van der Waals surface area (Å²) in [7, 11) is 0. The third kappa shape index (κ3) is 2.28. The van der Waals surface area contributed by atoms with Crippen LogP contribution in [-0.2, 0) is 0 Å². The summed E-state index contributed by atoms with van der Waals surface area (Å²) in [5, 5.41) is 19.5. The molecule has 1 aliphatic rings. The van der Waals surface area contributed by atoms with Gasteiger partial charge in [0.25, 0.3) is 0 Å². The molecule has 0 fully saturated rings. The van der Waals surface area contributed by atoms with Gasteiger partial charge in [0.05, 0.1) is 10.5 Å². The molecule has 0 aliphatic heterocycles. The summed E-state index contributed by atoms with van der Waals surface area (Å²) in [6.07, 6.45) is -4.58. The van der Waals surface area contributed by atoms with Gasteiger partial charge in [-0.1, -0.05) is 6.92 Å². The van der Waals surface area contributed by atoms with Crippen LogP contribution in [0.1, 0.15) is 13.3 Å². The van der Waals surface area contributed by atoms with E-state index in [0.29, 0.717) is 6.08 Å². The highest BCUT2D eigenvalue weighted by atomic mass is 19.4. The number of nitro groups is 1. The van der Waals surface area contributed by atoms with Crippen molar-refractivity contribution in [1.82, 2.24) is 0 Å². The molecule has 0 saturated carbocycles. The molecule has 15 heavy (non-hydrogen) atoms. The monoisotopic (exact) mass is 223 g/mol. The van der Waals surface area contributed by atoms with E-state index in [4.69, 9.17) is 5.11 Å². The molecule has 1 N–H and O–H groups in total. The second-order valence-electron chi connectivity index (χ2n) is 3.29. The number of aliphatic hydroxyl groups excluding tert-OH is 1. The molecule has 4 nitrogen and oxygen atoms in total. The lowest BCUT2D eigenvalue weighted by molar-refractivity contribution is -0.429. The fraction of sp³-hybridized carbons (Fsp3) is 0.500. The third-order valence-electron chi connectivity index (χ3n) is 2.11. The first-order valence-corrected chi connectivity index (χ1v) is 4.08. The summed E-state index contributed by atoms with van der Waals surface area (Å²) in [5.41, 5.74) is -1.86. The van der Waals surface area contributed by atoms with E-state index in [1.54, 1.807) is 0 Å². The van der Waals surface area contributed by atoms with E-state index < -0.39 is 34.0 Å². The van der Waals surface area contributed by atoms with Gasteiger partial charge in [-0.3, -0.25) is 10.1 Å². The first-order chi connectivity index (χ1) is 6.73. The maximum atomic E-state index is 12.3. The Balaban J connectivity index is 3.21. The normalized spacial score (nSPS) is 22.7. The molecule has 1 atom stereocenters. The van der Waals surface area contributed by atoms with Gasteiger partial charge in [0.2, 0.25) is 5.70 Å². The Morgan fingerprint density at radius 2 is 2.13 bits per heavy atom. The number of hydrogen-bond donors (Lipinski definition) is 1. The Hall–Kier alpha value is -1.53. The Bertz CT molecular complexity index is 357. The Kier molecular flexibility index (Phi) is 2.74. The molecule has 7 heteroatoms. The summed E-state index contributed by atoms with van der Waals surface area (Å²) >= 11 is 0. The van der Waals surface area contributed by atoms with Crippen LogP contribution in [0.15, 0.2) is 23.1 Å². The van der Waals surface area contributed by atoms with E-state index in [9.17, 15) is 23.3 Å². The SMILES string of the molecule is CC1CC([N+](=O)[O-])=CC(C(F)(F)F)=C1O. The number of allylic oxidation sites excluding steroid dienone is 4. The number of hydrogen-bond acceptors (Lipinski definition) is 3. The van der Waals surface area contributed by atoms with Gasteiger partial charge >= 0.3 is 6.18 Å². The largest absolute Gasteiger partial charge is 0.511 e. The lowest BCUT2D eigenvalue weighted by atomic mass is 9.93. The average molecular weight is 223 g/mol. The minimum Gasteiger partial charge on any atom is -0.511 e. The van der Waals surface area contributed by atoms with Crippen LogP contribution >= 0.6 is 0 Å². The minimum atomic E-state index is -4.76. The van der Waals surface area contributed by atoms with E-state index >= 15 is 0 Å². The zero-order chi connectivity index (χ0) is 11.8. The number of alkyl halides is 3. The van der Waals surface area contributed by atoms with Crippen LogP contribution < -0.4 is 0 Å². The van der Waals surface area contributed by atoms with E-state index in [0.717, 1.165) is 0 Å². The van der Waals surface area contributed by atoms with Crippen molar-refractivity contribution in [3.05, 3.63) is 33.2 Å². The highest BCUT2D eigenvalue weighted by Crippen LogP contribution is 2.37. The maximum Gasteiger partial charge on any atom is 0.419 e. The molecule has 0 radical (unpaired) electrons. The predicted molar refractivity (Wildman–Crippen MR) is 44.6 cm³/mol. The minimum absolute atomic E-state index is 0.196. The molecule has 0 aromatic heterocycles. The van der Waals surface area contributed by atoms with Gasteiger partial charge in [-0.25, -0.2) is 0 Å². The number of halogens is 3. The second kappa shape index (κ2) is 3.56. The van der Waals surface area contributed by atoms with Gasteiger partial charge in [0, 0.05) is 18.4 Å². The Labute approximate surface area is 82.9 Å². The third-order valence-corrected chi connectivity index (χ3v) is 2.11. The zero-order valence-electron chi connectivity index (χ0n) is 7.71. The van der Waals surface area contributed by atoms with Gasteiger partial charge in [-0.15, -0.1) is 0 Å². The van der Waals surface area contributed by atoms with Gasteiger partial charge in [-0.2, -0.15) is 13.2 Å².